The van der Waals surface area contributed by atoms with E-state index in [1.54, 1.807) is 14.2 Å². The van der Waals surface area contributed by atoms with E-state index in [0.717, 1.165) is 55.6 Å². The molecule has 1 aromatic rings. The van der Waals surface area contributed by atoms with Crippen LogP contribution >= 0.6 is 0 Å². The summed E-state index contributed by atoms with van der Waals surface area (Å²) < 4.78 is 11.8. The van der Waals surface area contributed by atoms with Crippen LogP contribution in [0.15, 0.2) is 35.9 Å². The van der Waals surface area contributed by atoms with E-state index in [1.807, 2.05) is 0 Å². The molecule has 0 unspecified atom stereocenters. The zero-order valence-corrected chi connectivity index (χ0v) is 21.2. The van der Waals surface area contributed by atoms with Crippen molar-refractivity contribution in [3.8, 4) is 11.5 Å². The van der Waals surface area contributed by atoms with Crippen LogP contribution in [0.1, 0.15) is 89.7 Å². The van der Waals surface area contributed by atoms with Gasteiger partial charge in [-0.3, -0.25) is 0 Å². The molecule has 6 nitrogen and oxygen atoms in total. The first-order valence-corrected chi connectivity index (χ1v) is 12.0. The van der Waals surface area contributed by atoms with Gasteiger partial charge in [0.1, 0.15) is 11.5 Å². The van der Waals surface area contributed by atoms with E-state index in [-0.39, 0.29) is 17.9 Å². The van der Waals surface area contributed by atoms with Crippen molar-refractivity contribution in [3.63, 3.8) is 0 Å². The summed E-state index contributed by atoms with van der Waals surface area (Å²) in [5, 5.41) is 9.50. The molecule has 6 heteroatoms. The highest BCUT2D eigenvalue weighted by Crippen LogP contribution is 2.48. The fourth-order valence-electron chi connectivity index (χ4n) is 4.87. The molecular formula is C27H41NO5. The molecular weight excluding hydrogens is 418 g/mol. The van der Waals surface area contributed by atoms with Gasteiger partial charge in [0.15, 0.2) is 0 Å². The van der Waals surface area contributed by atoms with Crippen molar-refractivity contribution >= 4 is 0 Å². The van der Waals surface area contributed by atoms with Gasteiger partial charge in [-0.25, -0.2) is 0 Å². The zero-order valence-electron chi connectivity index (χ0n) is 21.2. The summed E-state index contributed by atoms with van der Waals surface area (Å²) in [5.74, 6) is 2.31. The lowest BCUT2D eigenvalue weighted by atomic mass is 9.72. The fourth-order valence-corrected chi connectivity index (χ4v) is 4.87. The Hall–Kier alpha value is -2.50. The van der Waals surface area contributed by atoms with Crippen molar-refractivity contribution in [2.75, 3.05) is 20.8 Å². The summed E-state index contributed by atoms with van der Waals surface area (Å²) in [6.45, 7) is 13.2. The van der Waals surface area contributed by atoms with E-state index < -0.39 is 5.09 Å². The Morgan fingerprint density at radius 2 is 1.76 bits per heavy atom. The van der Waals surface area contributed by atoms with Gasteiger partial charge < -0.3 is 14.3 Å². The molecule has 2 atom stereocenters. The minimum Gasteiger partial charge on any atom is -0.496 e. The minimum atomic E-state index is -0.726. The number of benzene rings is 1. The lowest BCUT2D eigenvalue weighted by Crippen LogP contribution is -2.21. The van der Waals surface area contributed by atoms with Gasteiger partial charge in [0.25, 0.3) is 5.09 Å². The second-order valence-electron chi connectivity index (χ2n) is 9.93. The highest BCUT2D eigenvalue weighted by Gasteiger charge is 2.32. The molecule has 0 N–H and O–H groups in total. The molecule has 0 radical (unpaired) electrons. The number of unbranched alkanes of at least 4 members (excludes halogenated alkanes) is 3. The summed E-state index contributed by atoms with van der Waals surface area (Å²) in [5.41, 5.74) is 4.84. The summed E-state index contributed by atoms with van der Waals surface area (Å²) in [6.07, 6.45) is 9.24. The first-order valence-electron chi connectivity index (χ1n) is 12.0. The predicted molar refractivity (Wildman–Crippen MR) is 133 cm³/mol. The Morgan fingerprint density at radius 1 is 1.15 bits per heavy atom. The average Bonchev–Trinajstić information content (AvgIpc) is 2.76. The van der Waals surface area contributed by atoms with Gasteiger partial charge in [0.05, 0.1) is 20.8 Å². The zero-order chi connectivity index (χ0) is 24.6. The van der Waals surface area contributed by atoms with Crippen LogP contribution in [0, 0.1) is 16.0 Å². The third-order valence-electron chi connectivity index (χ3n) is 6.93. The highest BCUT2D eigenvalue weighted by atomic mass is 16.9. The number of nitrogens with zero attached hydrogens (tertiary/aromatic N) is 1. The van der Waals surface area contributed by atoms with Gasteiger partial charge in [-0.15, -0.1) is 10.1 Å². The van der Waals surface area contributed by atoms with Gasteiger partial charge in [-0.2, -0.15) is 0 Å². The topological polar surface area (TPSA) is 70.8 Å². The highest BCUT2D eigenvalue weighted by molar-refractivity contribution is 5.54. The molecule has 0 aliphatic heterocycles. The third-order valence-corrected chi connectivity index (χ3v) is 6.93. The van der Waals surface area contributed by atoms with Crippen molar-refractivity contribution in [3.05, 3.63) is 57.2 Å². The summed E-state index contributed by atoms with van der Waals surface area (Å²) in [4.78, 5) is 14.6. The van der Waals surface area contributed by atoms with Gasteiger partial charge in [-0.05, 0) is 68.6 Å². The van der Waals surface area contributed by atoms with E-state index in [2.05, 4.69) is 57.3 Å². The van der Waals surface area contributed by atoms with Gasteiger partial charge in [0.2, 0.25) is 0 Å². The molecule has 0 saturated carbocycles. The molecule has 0 fully saturated rings. The molecule has 0 heterocycles. The second kappa shape index (κ2) is 12.1. The maximum Gasteiger partial charge on any atom is 0.294 e. The number of methoxy groups -OCH3 is 2. The largest absolute Gasteiger partial charge is 0.496 e. The number of allylic oxidation sites excluding steroid dienone is 3. The van der Waals surface area contributed by atoms with E-state index in [9.17, 15) is 10.1 Å². The average molecular weight is 460 g/mol. The monoisotopic (exact) mass is 459 g/mol. The Balaban J connectivity index is 2.22. The standard InChI is InChI=1S/C27H41NO5/c1-19(2)22-13-12-20(3)16-23(22)26-24(31-6)17-21(18-25(26)32-7)27(4,5)14-10-8-9-11-15-33-28(29)30/h16-18,22-23H,1,8-15H2,2-7H3/t22-,23+/m1/s1. The Kier molecular flexibility index (Phi) is 9.81. The molecule has 2 rings (SSSR count). The van der Waals surface area contributed by atoms with Crippen LogP contribution in [0.25, 0.3) is 0 Å². The van der Waals surface area contributed by atoms with E-state index in [4.69, 9.17) is 9.47 Å². The van der Waals surface area contributed by atoms with Crippen molar-refractivity contribution in [1.82, 2.24) is 0 Å². The summed E-state index contributed by atoms with van der Waals surface area (Å²) in [6, 6.07) is 4.35. The quantitative estimate of drug-likeness (QED) is 0.135. The molecule has 0 saturated heterocycles. The second-order valence-corrected chi connectivity index (χ2v) is 9.93. The Bertz CT molecular complexity index is 833. The summed E-state index contributed by atoms with van der Waals surface area (Å²) >= 11 is 0. The SMILES string of the molecule is C=C(C)[C@H]1CCC(C)=C[C@@H]1c1c(OC)cc(C(C)(C)CCCCCCO[N+](=O)[O-])cc1OC. The number of ether oxygens (including phenoxy) is 2. The van der Waals surface area contributed by atoms with Crippen LogP contribution < -0.4 is 9.47 Å². The number of hydrogen-bond acceptors (Lipinski definition) is 5. The number of rotatable bonds is 13. The van der Waals surface area contributed by atoms with Gasteiger partial charge in [-0.1, -0.05) is 56.9 Å². The number of hydrogen-bond donors (Lipinski definition) is 0. The van der Waals surface area contributed by atoms with Crippen LogP contribution in [-0.4, -0.2) is 25.9 Å². The fraction of sp³-hybridized carbons (Fsp3) is 0.630. The third kappa shape index (κ3) is 7.24. The van der Waals surface area contributed by atoms with Crippen molar-refractivity contribution in [2.24, 2.45) is 5.92 Å². The molecule has 0 bridgehead atoms. The van der Waals surface area contributed by atoms with Gasteiger partial charge in [0, 0.05) is 11.5 Å². The van der Waals surface area contributed by atoms with Crippen LogP contribution in [0.3, 0.4) is 0 Å². The first-order chi connectivity index (χ1) is 15.6. The lowest BCUT2D eigenvalue weighted by Gasteiger charge is -2.34. The van der Waals surface area contributed by atoms with Crippen molar-refractivity contribution in [1.29, 1.82) is 0 Å². The maximum absolute atomic E-state index is 10.2. The van der Waals surface area contributed by atoms with E-state index in [0.29, 0.717) is 12.3 Å². The normalized spacial score (nSPS) is 18.4. The lowest BCUT2D eigenvalue weighted by molar-refractivity contribution is -0.757. The van der Waals surface area contributed by atoms with Crippen molar-refractivity contribution < 1.29 is 19.4 Å². The van der Waals surface area contributed by atoms with Crippen molar-refractivity contribution in [2.45, 2.75) is 84.0 Å². The molecule has 33 heavy (non-hydrogen) atoms. The Labute approximate surface area is 199 Å². The molecule has 1 aromatic carbocycles. The van der Waals surface area contributed by atoms with Crippen LogP contribution in [0.4, 0.5) is 0 Å². The molecule has 1 aliphatic rings. The smallest absolute Gasteiger partial charge is 0.294 e. The molecule has 0 spiro atoms. The maximum atomic E-state index is 10.2. The van der Waals surface area contributed by atoms with E-state index >= 15 is 0 Å². The first kappa shape index (κ1) is 26.7. The minimum absolute atomic E-state index is 0.0531. The molecule has 1 aliphatic carbocycles. The van der Waals surface area contributed by atoms with Crippen LogP contribution in [-0.2, 0) is 10.3 Å². The molecule has 0 aromatic heterocycles. The Morgan fingerprint density at radius 3 is 2.30 bits per heavy atom. The van der Waals surface area contributed by atoms with Crippen LogP contribution in [0.5, 0.6) is 11.5 Å². The van der Waals surface area contributed by atoms with Crippen LogP contribution in [0.2, 0.25) is 0 Å². The molecule has 184 valence electrons. The summed E-state index contributed by atoms with van der Waals surface area (Å²) in [7, 11) is 3.47. The van der Waals surface area contributed by atoms with Gasteiger partial charge >= 0.3 is 0 Å². The molecule has 0 amide bonds. The predicted octanol–water partition coefficient (Wildman–Crippen LogP) is 7.16. The van der Waals surface area contributed by atoms with E-state index in [1.165, 1.54) is 16.7 Å².